The van der Waals surface area contributed by atoms with Crippen molar-refractivity contribution in [3.8, 4) is 23.0 Å². The number of aryl methyl sites for hydroxylation is 3. The molecule has 1 aromatic heterocycles. The average Bonchev–Trinajstić information content (AvgIpc) is 3.42. The molecule has 4 aromatic carbocycles. The van der Waals surface area contributed by atoms with Crippen LogP contribution in [0.25, 0.3) is 11.4 Å². The molecule has 5 nitrogen and oxygen atoms in total. The smallest absolute Gasteiger partial charge is 0.221 e. The molecule has 5 aromatic rings. The van der Waals surface area contributed by atoms with Crippen LogP contribution < -0.4 is 9.47 Å². The molecule has 3 atom stereocenters. The van der Waals surface area contributed by atoms with Gasteiger partial charge in [0, 0.05) is 23.8 Å². The van der Waals surface area contributed by atoms with Crippen LogP contribution in [0.3, 0.4) is 0 Å². The third kappa shape index (κ3) is 3.39. The van der Waals surface area contributed by atoms with Crippen LogP contribution >= 0.6 is 0 Å². The van der Waals surface area contributed by atoms with E-state index in [1.807, 2.05) is 36.4 Å². The highest BCUT2D eigenvalue weighted by atomic mass is 16.6. The summed E-state index contributed by atoms with van der Waals surface area (Å²) in [5, 5.41) is 0. The number of methoxy groups -OCH3 is 2. The fourth-order valence-corrected chi connectivity index (χ4v) is 7.13. The molecular weight excluding hydrogens is 508 g/mol. The standard InChI is InChI=1S/C36H32N2O3/c1-22-16-18-27(19-17-22)35-31(25-12-8-6-9-13-25)29-32(37-33(38-34(29)39-4)26-14-10-7-11-15-26)36(35,40-5)30-24(3)20-23(2)21-28(30)41-35/h6-21,31H,1-5H3/t31-,35+,36+/m1/s1. The van der Waals surface area contributed by atoms with Gasteiger partial charge in [0.15, 0.2) is 17.0 Å². The fourth-order valence-electron chi connectivity index (χ4n) is 7.13. The normalized spacial score (nSPS) is 22.0. The Labute approximate surface area is 240 Å². The van der Waals surface area contributed by atoms with Gasteiger partial charge in [-0.05, 0) is 43.5 Å². The molecule has 1 aliphatic carbocycles. The summed E-state index contributed by atoms with van der Waals surface area (Å²) in [5.74, 6) is 1.60. The van der Waals surface area contributed by atoms with Crippen LogP contribution in [0.1, 0.15) is 50.6 Å². The average molecular weight is 541 g/mol. The lowest BCUT2D eigenvalue weighted by Crippen LogP contribution is -2.51. The number of benzene rings is 4. The highest BCUT2D eigenvalue weighted by Gasteiger charge is 2.74. The van der Waals surface area contributed by atoms with Crippen LogP contribution in [0.15, 0.2) is 97.1 Å². The number of nitrogens with zero attached hydrogens (tertiary/aromatic N) is 2. The minimum Gasteiger partial charge on any atom is -0.481 e. The second-order valence-corrected chi connectivity index (χ2v) is 11.1. The van der Waals surface area contributed by atoms with E-state index in [1.54, 1.807) is 14.2 Å². The van der Waals surface area contributed by atoms with Crippen molar-refractivity contribution >= 4 is 0 Å². The summed E-state index contributed by atoms with van der Waals surface area (Å²) in [6.07, 6.45) is 0. The minimum atomic E-state index is -1.08. The molecule has 0 amide bonds. The summed E-state index contributed by atoms with van der Waals surface area (Å²) in [7, 11) is 3.45. The Bertz CT molecular complexity index is 1770. The molecule has 0 spiro atoms. The molecule has 7 rings (SSSR count). The maximum Gasteiger partial charge on any atom is 0.221 e. The molecular formula is C36H32N2O3. The van der Waals surface area contributed by atoms with E-state index < -0.39 is 11.2 Å². The Balaban J connectivity index is 1.68. The lowest BCUT2D eigenvalue weighted by molar-refractivity contribution is -0.114. The van der Waals surface area contributed by atoms with Gasteiger partial charge < -0.3 is 14.2 Å². The first-order chi connectivity index (χ1) is 19.9. The Morgan fingerprint density at radius 3 is 2.10 bits per heavy atom. The highest BCUT2D eigenvalue weighted by Crippen LogP contribution is 2.71. The quantitative estimate of drug-likeness (QED) is 0.232. The van der Waals surface area contributed by atoms with Crippen LogP contribution in [0, 0.1) is 20.8 Å². The van der Waals surface area contributed by atoms with Gasteiger partial charge in [-0.25, -0.2) is 4.98 Å². The predicted molar refractivity (Wildman–Crippen MR) is 159 cm³/mol. The van der Waals surface area contributed by atoms with Crippen LogP contribution in [0.2, 0.25) is 0 Å². The van der Waals surface area contributed by atoms with Gasteiger partial charge in [-0.15, -0.1) is 0 Å². The monoisotopic (exact) mass is 540 g/mol. The molecule has 0 saturated carbocycles. The largest absolute Gasteiger partial charge is 0.481 e. The molecule has 2 aliphatic rings. The lowest BCUT2D eigenvalue weighted by Gasteiger charge is -2.42. The SMILES string of the molecule is COc1nc(-c2ccccc2)nc2c1[C@@H](c1ccccc1)[C@]1(c3ccc(C)cc3)Oc3cc(C)cc(C)c3[C@]21OC. The Morgan fingerprint density at radius 2 is 1.44 bits per heavy atom. The lowest BCUT2D eigenvalue weighted by atomic mass is 9.69. The topological polar surface area (TPSA) is 53.5 Å². The maximum atomic E-state index is 7.35. The fraction of sp³-hybridized carbons (Fsp3) is 0.222. The van der Waals surface area contributed by atoms with E-state index in [4.69, 9.17) is 24.2 Å². The first-order valence-electron chi connectivity index (χ1n) is 13.9. The molecule has 0 fully saturated rings. The second-order valence-electron chi connectivity index (χ2n) is 11.1. The zero-order valence-electron chi connectivity index (χ0n) is 23.9. The summed E-state index contributed by atoms with van der Waals surface area (Å²) in [4.78, 5) is 10.3. The number of hydrogen-bond donors (Lipinski definition) is 0. The first kappa shape index (κ1) is 25.5. The van der Waals surface area contributed by atoms with Gasteiger partial charge in [-0.2, -0.15) is 4.98 Å². The van der Waals surface area contributed by atoms with Crippen molar-refractivity contribution in [2.24, 2.45) is 0 Å². The van der Waals surface area contributed by atoms with Gasteiger partial charge in [-0.3, -0.25) is 0 Å². The first-order valence-corrected chi connectivity index (χ1v) is 13.9. The van der Waals surface area contributed by atoms with Crippen molar-refractivity contribution in [2.75, 3.05) is 14.2 Å². The van der Waals surface area contributed by atoms with E-state index in [0.717, 1.165) is 50.4 Å². The van der Waals surface area contributed by atoms with Gasteiger partial charge in [0.05, 0.1) is 24.3 Å². The summed E-state index contributed by atoms with van der Waals surface area (Å²) in [6.45, 7) is 6.33. The molecule has 0 saturated heterocycles. The third-order valence-electron chi connectivity index (χ3n) is 8.67. The van der Waals surface area contributed by atoms with E-state index in [-0.39, 0.29) is 5.92 Å². The van der Waals surface area contributed by atoms with Gasteiger partial charge in [0.25, 0.3) is 0 Å². The van der Waals surface area contributed by atoms with E-state index in [0.29, 0.717) is 11.7 Å². The Hall–Kier alpha value is -4.48. The summed E-state index contributed by atoms with van der Waals surface area (Å²) >= 11 is 0. The van der Waals surface area contributed by atoms with E-state index in [9.17, 15) is 0 Å². The van der Waals surface area contributed by atoms with Crippen molar-refractivity contribution in [1.29, 1.82) is 0 Å². The molecule has 204 valence electrons. The van der Waals surface area contributed by atoms with Crippen LogP contribution in [-0.2, 0) is 15.9 Å². The molecule has 5 heteroatoms. The highest BCUT2D eigenvalue weighted by molar-refractivity contribution is 5.70. The van der Waals surface area contributed by atoms with Gasteiger partial charge >= 0.3 is 0 Å². The number of rotatable bonds is 5. The molecule has 41 heavy (non-hydrogen) atoms. The third-order valence-corrected chi connectivity index (χ3v) is 8.67. The van der Waals surface area contributed by atoms with Crippen molar-refractivity contribution in [1.82, 2.24) is 9.97 Å². The molecule has 1 aliphatic heterocycles. The summed E-state index contributed by atoms with van der Waals surface area (Å²) in [6, 6.07) is 33.4. The molecule has 2 heterocycles. The maximum absolute atomic E-state index is 7.35. The van der Waals surface area contributed by atoms with Crippen LogP contribution in [0.5, 0.6) is 11.6 Å². The predicted octanol–water partition coefficient (Wildman–Crippen LogP) is 7.40. The van der Waals surface area contributed by atoms with E-state index in [2.05, 4.69) is 81.4 Å². The van der Waals surface area contributed by atoms with Crippen LogP contribution in [-0.4, -0.2) is 24.2 Å². The van der Waals surface area contributed by atoms with Gasteiger partial charge in [0.2, 0.25) is 5.88 Å². The van der Waals surface area contributed by atoms with Gasteiger partial charge in [-0.1, -0.05) is 96.6 Å². The van der Waals surface area contributed by atoms with Gasteiger partial charge in [0.1, 0.15) is 5.75 Å². The zero-order chi connectivity index (χ0) is 28.4. The van der Waals surface area contributed by atoms with E-state index in [1.165, 1.54) is 5.56 Å². The van der Waals surface area contributed by atoms with E-state index >= 15 is 0 Å². The molecule has 0 N–H and O–H groups in total. The minimum absolute atomic E-state index is 0.326. The molecule has 0 bridgehead atoms. The Kier molecular flexibility index (Phi) is 5.77. The molecule has 0 radical (unpaired) electrons. The Morgan fingerprint density at radius 1 is 0.756 bits per heavy atom. The second kappa shape index (κ2) is 9.28. The number of aromatic nitrogens is 2. The van der Waals surface area contributed by atoms with Crippen molar-refractivity contribution in [3.05, 3.63) is 142 Å². The van der Waals surface area contributed by atoms with Crippen LogP contribution in [0.4, 0.5) is 0 Å². The van der Waals surface area contributed by atoms with Crippen molar-refractivity contribution in [2.45, 2.75) is 37.9 Å². The van der Waals surface area contributed by atoms with Crippen molar-refractivity contribution in [3.63, 3.8) is 0 Å². The zero-order valence-corrected chi connectivity index (χ0v) is 23.9. The molecule has 0 unspecified atom stereocenters. The summed E-state index contributed by atoms with van der Waals surface area (Å²) in [5.41, 5.74) is 6.93. The number of ether oxygens (including phenoxy) is 3. The number of fused-ring (bicyclic) bond motifs is 5. The number of hydrogen-bond acceptors (Lipinski definition) is 5. The summed E-state index contributed by atoms with van der Waals surface area (Å²) < 4.78 is 20.3. The van der Waals surface area contributed by atoms with Crippen molar-refractivity contribution < 1.29 is 14.2 Å².